The van der Waals surface area contributed by atoms with Crippen LogP contribution in [0, 0.1) is 0 Å². The van der Waals surface area contributed by atoms with Gasteiger partial charge in [-0.15, -0.1) is 0 Å². The zero-order chi connectivity index (χ0) is 18.6. The summed E-state index contributed by atoms with van der Waals surface area (Å²) in [7, 11) is 0. The van der Waals surface area contributed by atoms with Crippen LogP contribution in [0.1, 0.15) is 60.2 Å². The van der Waals surface area contributed by atoms with Crippen LogP contribution in [-0.2, 0) is 17.8 Å². The summed E-state index contributed by atoms with van der Waals surface area (Å²) in [5.41, 5.74) is 2.23. The van der Waals surface area contributed by atoms with Crippen molar-refractivity contribution < 1.29 is 14.0 Å². The maximum Gasteiger partial charge on any atom is 0.290 e. The average molecular weight is 366 g/mol. The van der Waals surface area contributed by atoms with Crippen molar-refractivity contribution in [1.82, 2.24) is 10.2 Å². The van der Waals surface area contributed by atoms with Crippen LogP contribution in [-0.4, -0.2) is 28.8 Å². The van der Waals surface area contributed by atoms with Crippen LogP contribution in [0.15, 0.2) is 47.1 Å². The van der Waals surface area contributed by atoms with Crippen molar-refractivity contribution in [3.05, 3.63) is 59.5 Å². The lowest BCUT2D eigenvalue weighted by Crippen LogP contribution is -2.54. The third-order valence-corrected chi connectivity index (χ3v) is 5.75. The molecule has 2 aromatic rings. The zero-order valence-electron chi connectivity index (χ0n) is 15.5. The normalized spacial score (nSPS) is 20.6. The molecule has 27 heavy (non-hydrogen) atoms. The number of hydrogen-bond acceptors (Lipinski definition) is 3. The van der Waals surface area contributed by atoms with E-state index in [1.54, 1.807) is 17.0 Å². The highest BCUT2D eigenvalue weighted by molar-refractivity contribution is 5.96. The topological polar surface area (TPSA) is 62.6 Å². The van der Waals surface area contributed by atoms with Gasteiger partial charge < -0.3 is 14.6 Å². The fourth-order valence-corrected chi connectivity index (χ4v) is 4.23. The molecule has 4 rings (SSSR count). The maximum atomic E-state index is 13.1. The van der Waals surface area contributed by atoms with E-state index in [2.05, 4.69) is 11.4 Å². The van der Waals surface area contributed by atoms with Gasteiger partial charge in [0.2, 0.25) is 5.91 Å². The van der Waals surface area contributed by atoms with E-state index in [1.165, 1.54) is 19.1 Å². The summed E-state index contributed by atoms with van der Waals surface area (Å²) >= 11 is 0. The van der Waals surface area contributed by atoms with Crippen LogP contribution in [0.4, 0.5) is 0 Å². The van der Waals surface area contributed by atoms with Crippen LogP contribution >= 0.6 is 0 Å². The molecular weight excluding hydrogens is 340 g/mol. The number of benzene rings is 1. The molecule has 0 unspecified atom stereocenters. The summed E-state index contributed by atoms with van der Waals surface area (Å²) in [6.45, 7) is 0.429. The highest BCUT2D eigenvalue weighted by Gasteiger charge is 2.36. The first kappa shape index (κ1) is 17.8. The molecule has 1 atom stereocenters. The minimum atomic E-state index is -0.499. The Labute approximate surface area is 159 Å². The van der Waals surface area contributed by atoms with Crippen molar-refractivity contribution in [2.75, 3.05) is 0 Å². The van der Waals surface area contributed by atoms with Gasteiger partial charge >= 0.3 is 0 Å². The Morgan fingerprint density at radius 3 is 2.41 bits per heavy atom. The average Bonchev–Trinajstić information content (AvgIpc) is 3.12. The molecule has 1 aliphatic carbocycles. The summed E-state index contributed by atoms with van der Waals surface area (Å²) in [5, 5.41) is 3.23. The van der Waals surface area contributed by atoms with Crippen LogP contribution in [0.25, 0.3) is 0 Å². The predicted molar refractivity (Wildman–Crippen MR) is 102 cm³/mol. The van der Waals surface area contributed by atoms with Gasteiger partial charge in [0, 0.05) is 19.0 Å². The summed E-state index contributed by atoms with van der Waals surface area (Å²) in [5.74, 6) is 0.00785. The van der Waals surface area contributed by atoms with Crippen molar-refractivity contribution in [2.45, 2.75) is 63.6 Å². The molecule has 2 amide bonds. The van der Waals surface area contributed by atoms with E-state index >= 15 is 0 Å². The van der Waals surface area contributed by atoms with Gasteiger partial charge in [0.25, 0.3) is 5.91 Å². The second-order valence-corrected chi connectivity index (χ2v) is 7.60. The SMILES string of the molecule is O=C(NC1CCCCCC1)[C@H]1Cc2ccccc2CN1C(=O)c1ccco1. The van der Waals surface area contributed by atoms with Gasteiger partial charge in [-0.2, -0.15) is 0 Å². The number of fused-ring (bicyclic) bond motifs is 1. The Hall–Kier alpha value is -2.56. The second-order valence-electron chi connectivity index (χ2n) is 7.60. The first-order valence-electron chi connectivity index (χ1n) is 9.94. The van der Waals surface area contributed by atoms with Gasteiger partial charge in [-0.25, -0.2) is 0 Å². The van der Waals surface area contributed by atoms with Crippen molar-refractivity contribution in [1.29, 1.82) is 0 Å². The Kier molecular flexibility index (Phi) is 5.28. The Bertz CT molecular complexity index is 792. The smallest absolute Gasteiger partial charge is 0.290 e. The molecule has 142 valence electrons. The quantitative estimate of drug-likeness (QED) is 0.843. The van der Waals surface area contributed by atoms with Crippen molar-refractivity contribution in [3.8, 4) is 0 Å². The molecule has 1 aromatic carbocycles. The minimum absolute atomic E-state index is 0.0451. The molecule has 0 radical (unpaired) electrons. The van der Waals surface area contributed by atoms with E-state index in [4.69, 9.17) is 4.42 Å². The number of carbonyl (C=O) groups excluding carboxylic acids is 2. The fraction of sp³-hybridized carbons (Fsp3) is 0.455. The molecule has 1 fully saturated rings. The lowest BCUT2D eigenvalue weighted by molar-refractivity contribution is -0.127. The van der Waals surface area contributed by atoms with E-state index in [9.17, 15) is 9.59 Å². The van der Waals surface area contributed by atoms with Gasteiger partial charge in [-0.1, -0.05) is 49.9 Å². The highest BCUT2D eigenvalue weighted by atomic mass is 16.3. The third kappa shape index (κ3) is 3.92. The molecule has 1 saturated carbocycles. The summed E-state index contributed by atoms with van der Waals surface area (Å²) in [6.07, 6.45) is 8.90. The van der Waals surface area contributed by atoms with Gasteiger partial charge in [0.05, 0.1) is 6.26 Å². The lowest BCUT2D eigenvalue weighted by atomic mass is 9.92. The van der Waals surface area contributed by atoms with E-state index in [0.29, 0.717) is 13.0 Å². The molecule has 2 heterocycles. The number of furan rings is 1. The number of rotatable bonds is 3. The van der Waals surface area contributed by atoms with Crippen LogP contribution in [0.2, 0.25) is 0 Å². The monoisotopic (exact) mass is 366 g/mol. The molecule has 2 aliphatic rings. The highest BCUT2D eigenvalue weighted by Crippen LogP contribution is 2.26. The predicted octanol–water partition coefficient (Wildman–Crippen LogP) is 3.69. The number of nitrogens with one attached hydrogen (secondary N) is 1. The third-order valence-electron chi connectivity index (χ3n) is 5.75. The molecule has 1 N–H and O–H groups in total. The molecule has 0 bridgehead atoms. The van der Waals surface area contributed by atoms with Crippen LogP contribution < -0.4 is 5.32 Å². The Balaban J connectivity index is 1.56. The van der Waals surface area contributed by atoms with Crippen LogP contribution in [0.5, 0.6) is 0 Å². The minimum Gasteiger partial charge on any atom is -0.459 e. The molecule has 5 nitrogen and oxygen atoms in total. The van der Waals surface area contributed by atoms with Crippen molar-refractivity contribution in [3.63, 3.8) is 0 Å². The van der Waals surface area contributed by atoms with Gasteiger partial charge in [-0.05, 0) is 36.1 Å². The maximum absolute atomic E-state index is 13.1. The standard InChI is InChI=1S/C22H26N2O3/c25-21(23-18-10-3-1-2-4-11-18)19-14-16-8-5-6-9-17(16)15-24(19)22(26)20-12-7-13-27-20/h5-9,12-13,18-19H,1-4,10-11,14-15H2,(H,23,25)/t19-/m1/s1. The fourth-order valence-electron chi connectivity index (χ4n) is 4.23. The first-order valence-corrected chi connectivity index (χ1v) is 9.94. The summed E-state index contributed by atoms with van der Waals surface area (Å²) in [6, 6.07) is 11.1. The first-order chi connectivity index (χ1) is 13.2. The second kappa shape index (κ2) is 7.99. The lowest BCUT2D eigenvalue weighted by Gasteiger charge is -2.36. The van der Waals surface area contributed by atoms with E-state index in [-0.39, 0.29) is 23.6 Å². The number of amides is 2. The molecular formula is C22H26N2O3. The van der Waals surface area contributed by atoms with Gasteiger partial charge in [-0.3, -0.25) is 9.59 Å². The van der Waals surface area contributed by atoms with Gasteiger partial charge in [0.1, 0.15) is 6.04 Å². The van der Waals surface area contributed by atoms with E-state index in [0.717, 1.165) is 36.8 Å². The van der Waals surface area contributed by atoms with Crippen LogP contribution in [0.3, 0.4) is 0 Å². The summed E-state index contributed by atoms with van der Waals surface area (Å²) in [4.78, 5) is 27.8. The number of hydrogen-bond donors (Lipinski definition) is 1. The Morgan fingerprint density at radius 2 is 1.70 bits per heavy atom. The zero-order valence-corrected chi connectivity index (χ0v) is 15.5. The van der Waals surface area contributed by atoms with E-state index in [1.807, 2.05) is 18.2 Å². The molecule has 0 saturated heterocycles. The molecule has 0 spiro atoms. The number of nitrogens with zero attached hydrogens (tertiary/aromatic N) is 1. The summed E-state index contributed by atoms with van der Waals surface area (Å²) < 4.78 is 5.31. The largest absolute Gasteiger partial charge is 0.459 e. The number of carbonyl (C=O) groups is 2. The van der Waals surface area contributed by atoms with Crippen molar-refractivity contribution >= 4 is 11.8 Å². The van der Waals surface area contributed by atoms with E-state index < -0.39 is 6.04 Å². The van der Waals surface area contributed by atoms with Crippen molar-refractivity contribution in [2.24, 2.45) is 0 Å². The molecule has 5 heteroatoms. The van der Waals surface area contributed by atoms with Gasteiger partial charge in [0.15, 0.2) is 5.76 Å². The molecule has 1 aromatic heterocycles. The Morgan fingerprint density at radius 1 is 0.963 bits per heavy atom. The molecule has 1 aliphatic heterocycles.